The molecular weight excluding hydrogens is 669 g/mol. The van der Waals surface area contributed by atoms with E-state index in [-0.39, 0.29) is 0 Å². The number of anilines is 3. The van der Waals surface area contributed by atoms with E-state index in [1.807, 2.05) is 6.07 Å². The zero-order valence-corrected chi connectivity index (χ0v) is 30.7. The first-order valence-electron chi connectivity index (χ1n) is 19.7. The number of benzene rings is 8. The van der Waals surface area contributed by atoms with Crippen LogP contribution < -0.4 is 4.90 Å². The molecule has 0 atom stereocenters. The molecule has 0 unspecified atom stereocenters. The second kappa shape index (κ2) is 13.1. The Morgan fingerprint density at radius 3 is 2.00 bits per heavy atom. The van der Waals surface area contributed by atoms with Crippen molar-refractivity contribution in [2.45, 2.75) is 38.0 Å². The summed E-state index contributed by atoms with van der Waals surface area (Å²) in [7, 11) is 0. The van der Waals surface area contributed by atoms with Crippen molar-refractivity contribution in [2.24, 2.45) is 0 Å². The van der Waals surface area contributed by atoms with Gasteiger partial charge in [-0.15, -0.1) is 0 Å². The van der Waals surface area contributed by atoms with Gasteiger partial charge in [-0.05, 0) is 95.3 Å². The van der Waals surface area contributed by atoms with Crippen LogP contribution in [0.1, 0.15) is 43.6 Å². The molecule has 1 aliphatic carbocycles. The molecule has 0 spiro atoms. The maximum Gasteiger partial charge on any atom is 0.137 e. The van der Waals surface area contributed by atoms with Gasteiger partial charge in [0, 0.05) is 50.2 Å². The zero-order valence-electron chi connectivity index (χ0n) is 30.7. The van der Waals surface area contributed by atoms with Gasteiger partial charge in [-0.3, -0.25) is 0 Å². The summed E-state index contributed by atoms with van der Waals surface area (Å²) in [5, 5.41) is 7.43. The largest absolute Gasteiger partial charge is 0.456 e. The highest BCUT2D eigenvalue weighted by molar-refractivity contribution is 6.11. The predicted octanol–water partition coefficient (Wildman–Crippen LogP) is 15.0. The van der Waals surface area contributed by atoms with Crippen LogP contribution in [-0.4, -0.2) is 4.57 Å². The van der Waals surface area contributed by atoms with Crippen molar-refractivity contribution in [1.82, 2.24) is 4.57 Å². The van der Waals surface area contributed by atoms with Crippen molar-refractivity contribution in [3.05, 3.63) is 181 Å². The first kappa shape index (κ1) is 31.9. The molecule has 2 aromatic heterocycles. The van der Waals surface area contributed by atoms with Crippen LogP contribution in [0.4, 0.5) is 17.1 Å². The minimum absolute atomic E-state index is 0.583. The number of furan rings is 1. The molecule has 0 aliphatic heterocycles. The minimum atomic E-state index is 0.583. The second-order valence-electron chi connectivity index (χ2n) is 15.1. The van der Waals surface area contributed by atoms with E-state index in [2.05, 4.69) is 179 Å². The lowest BCUT2D eigenvalue weighted by Gasteiger charge is -2.29. The first-order valence-corrected chi connectivity index (χ1v) is 19.7. The molecule has 0 bridgehead atoms. The molecule has 3 nitrogen and oxygen atoms in total. The lowest BCUT2D eigenvalue weighted by Crippen LogP contribution is -2.11. The van der Waals surface area contributed by atoms with Crippen LogP contribution in [0.2, 0.25) is 0 Å². The molecular formula is C52H40N2O. The average molecular weight is 709 g/mol. The highest BCUT2D eigenvalue weighted by Crippen LogP contribution is 2.47. The normalized spacial score (nSPS) is 13.7. The fourth-order valence-electron chi connectivity index (χ4n) is 9.48. The molecule has 0 radical (unpaired) electrons. The highest BCUT2D eigenvalue weighted by Gasteiger charge is 2.24. The third-order valence-electron chi connectivity index (χ3n) is 12.0. The van der Waals surface area contributed by atoms with Gasteiger partial charge in [-0.2, -0.15) is 0 Å². The third kappa shape index (κ3) is 5.26. The number of fused-ring (bicyclic) bond motifs is 7. The maximum atomic E-state index is 6.53. The Hall–Kier alpha value is -6.58. The summed E-state index contributed by atoms with van der Waals surface area (Å²) >= 11 is 0. The van der Waals surface area contributed by atoms with Crippen LogP contribution in [-0.2, 0) is 0 Å². The third-order valence-corrected chi connectivity index (χ3v) is 12.0. The topological polar surface area (TPSA) is 21.3 Å². The number of hydrogen-bond donors (Lipinski definition) is 0. The van der Waals surface area contributed by atoms with Gasteiger partial charge in [0.1, 0.15) is 11.2 Å². The fourth-order valence-corrected chi connectivity index (χ4v) is 9.48. The molecule has 10 aromatic rings. The van der Waals surface area contributed by atoms with Gasteiger partial charge in [0.15, 0.2) is 0 Å². The summed E-state index contributed by atoms with van der Waals surface area (Å²) < 4.78 is 8.93. The molecule has 1 aliphatic rings. The Morgan fingerprint density at radius 2 is 1.13 bits per heavy atom. The number of rotatable bonds is 6. The van der Waals surface area contributed by atoms with Crippen molar-refractivity contribution in [2.75, 3.05) is 4.90 Å². The van der Waals surface area contributed by atoms with Crippen molar-refractivity contribution in [3.8, 4) is 16.8 Å². The maximum absolute atomic E-state index is 6.53. The van der Waals surface area contributed by atoms with Crippen LogP contribution in [0.5, 0.6) is 0 Å². The summed E-state index contributed by atoms with van der Waals surface area (Å²) in [5.74, 6) is 0.583. The number of nitrogens with zero attached hydrogens (tertiary/aromatic N) is 2. The van der Waals surface area contributed by atoms with Crippen molar-refractivity contribution in [3.63, 3.8) is 0 Å². The van der Waals surface area contributed by atoms with Gasteiger partial charge in [0.25, 0.3) is 0 Å². The van der Waals surface area contributed by atoms with Crippen LogP contribution in [0.25, 0.3) is 71.3 Å². The van der Waals surface area contributed by atoms with E-state index in [4.69, 9.17) is 4.42 Å². The molecule has 1 saturated carbocycles. The van der Waals surface area contributed by atoms with Gasteiger partial charge in [0.05, 0.1) is 16.7 Å². The molecule has 3 heteroatoms. The fraction of sp³-hybridized carbons (Fsp3) is 0.115. The minimum Gasteiger partial charge on any atom is -0.456 e. The summed E-state index contributed by atoms with van der Waals surface area (Å²) in [4.78, 5) is 2.44. The molecule has 8 aromatic carbocycles. The smallest absolute Gasteiger partial charge is 0.137 e. The Labute approximate surface area is 320 Å². The Kier molecular flexibility index (Phi) is 7.58. The number of hydrogen-bond acceptors (Lipinski definition) is 2. The van der Waals surface area contributed by atoms with Crippen molar-refractivity contribution < 1.29 is 4.42 Å². The van der Waals surface area contributed by atoms with Gasteiger partial charge in [-0.25, -0.2) is 0 Å². The van der Waals surface area contributed by atoms with E-state index in [1.165, 1.54) is 81.4 Å². The molecule has 2 heterocycles. The Bertz CT molecular complexity index is 3030. The van der Waals surface area contributed by atoms with Crippen LogP contribution in [0.15, 0.2) is 180 Å². The van der Waals surface area contributed by atoms with E-state index in [0.717, 1.165) is 44.7 Å². The van der Waals surface area contributed by atoms with Gasteiger partial charge in [-0.1, -0.05) is 135 Å². The van der Waals surface area contributed by atoms with Crippen LogP contribution >= 0.6 is 0 Å². The summed E-state index contributed by atoms with van der Waals surface area (Å²) in [5.41, 5.74) is 12.5. The lowest BCUT2D eigenvalue weighted by molar-refractivity contribution is 0.445. The van der Waals surface area contributed by atoms with Crippen LogP contribution in [0.3, 0.4) is 0 Å². The standard InChI is InChI=1S/C52H40N2O/c1-3-15-35(16-4-1)40-24-13-17-36-18-14-25-46(52(36)40)42-22-8-10-26-47(42)53(39-30-32-45-44-23-9-12-28-50(44)55-51(45)34-39)38-29-31-43-41-21-7-11-27-48(41)54(49(43)33-38)37-19-5-2-6-20-37/h2,5-14,17-35H,1,3-4,15-16H2. The van der Waals surface area contributed by atoms with Crippen molar-refractivity contribution in [1.29, 1.82) is 0 Å². The second-order valence-corrected chi connectivity index (χ2v) is 15.1. The SMILES string of the molecule is c1ccc(-n2c3ccccc3c3ccc(N(c4ccc5c(c4)oc4ccccc45)c4ccccc4-c4cccc5cccc(C6CCCCC6)c45)cc32)cc1. The molecule has 55 heavy (non-hydrogen) atoms. The molecule has 0 saturated heterocycles. The zero-order chi connectivity index (χ0) is 36.3. The van der Waals surface area contributed by atoms with Gasteiger partial charge in [0.2, 0.25) is 0 Å². The number of para-hydroxylation sites is 4. The molecule has 0 N–H and O–H groups in total. The van der Waals surface area contributed by atoms with Gasteiger partial charge >= 0.3 is 0 Å². The Balaban J connectivity index is 1.18. The quantitative estimate of drug-likeness (QED) is 0.171. The monoisotopic (exact) mass is 708 g/mol. The summed E-state index contributed by atoms with van der Waals surface area (Å²) in [6, 6.07) is 64.3. The molecule has 11 rings (SSSR count). The molecule has 0 amide bonds. The highest BCUT2D eigenvalue weighted by atomic mass is 16.3. The average Bonchev–Trinajstić information content (AvgIpc) is 3.79. The summed E-state index contributed by atoms with van der Waals surface area (Å²) in [6.45, 7) is 0. The van der Waals surface area contributed by atoms with Crippen LogP contribution in [0, 0.1) is 0 Å². The first-order chi connectivity index (χ1) is 27.3. The van der Waals surface area contributed by atoms with E-state index in [9.17, 15) is 0 Å². The van der Waals surface area contributed by atoms with E-state index in [1.54, 1.807) is 0 Å². The lowest BCUT2D eigenvalue weighted by atomic mass is 9.80. The van der Waals surface area contributed by atoms with Gasteiger partial charge < -0.3 is 13.9 Å². The van der Waals surface area contributed by atoms with Crippen molar-refractivity contribution >= 4 is 71.6 Å². The predicted molar refractivity (Wildman–Crippen MR) is 232 cm³/mol. The number of aromatic nitrogens is 1. The van der Waals surface area contributed by atoms with E-state index >= 15 is 0 Å². The van der Waals surface area contributed by atoms with E-state index in [0.29, 0.717) is 5.92 Å². The molecule has 264 valence electrons. The summed E-state index contributed by atoms with van der Waals surface area (Å²) in [6.07, 6.45) is 6.47. The van der Waals surface area contributed by atoms with E-state index < -0.39 is 0 Å². The molecule has 1 fully saturated rings. The Morgan fingerprint density at radius 1 is 0.473 bits per heavy atom.